The van der Waals surface area contributed by atoms with Gasteiger partial charge in [-0.25, -0.2) is 0 Å². The van der Waals surface area contributed by atoms with Crippen molar-refractivity contribution in [1.82, 2.24) is 9.80 Å². The van der Waals surface area contributed by atoms with Crippen molar-refractivity contribution < 1.29 is 0 Å². The molecule has 0 aromatic heterocycles. The molecule has 1 aliphatic heterocycles. The zero-order chi connectivity index (χ0) is 10.6. The average Bonchev–Trinajstić information content (AvgIpc) is 2.18. The Balaban J connectivity index is 2.28. The molecule has 3 heteroatoms. The summed E-state index contributed by atoms with van der Waals surface area (Å²) >= 11 is 0. The number of piperidine rings is 1. The normalized spacial score (nSPS) is 22.9. The monoisotopic (exact) mass is 199 g/mol. The van der Waals surface area contributed by atoms with Gasteiger partial charge in [0.1, 0.15) is 0 Å². The quantitative estimate of drug-likeness (QED) is 0.725. The maximum Gasteiger partial charge on any atom is 0.0113 e. The number of nitrogens with two attached hydrogens (primary N) is 1. The zero-order valence-corrected chi connectivity index (χ0v) is 9.87. The van der Waals surface area contributed by atoms with Gasteiger partial charge >= 0.3 is 0 Å². The molecule has 0 saturated carbocycles. The van der Waals surface area contributed by atoms with E-state index < -0.39 is 0 Å². The molecule has 1 rings (SSSR count). The zero-order valence-electron chi connectivity index (χ0n) is 9.87. The van der Waals surface area contributed by atoms with Crippen molar-refractivity contribution >= 4 is 0 Å². The van der Waals surface area contributed by atoms with E-state index in [1.54, 1.807) is 0 Å². The van der Waals surface area contributed by atoms with Gasteiger partial charge in [0.25, 0.3) is 0 Å². The van der Waals surface area contributed by atoms with Crippen LogP contribution in [-0.4, -0.2) is 55.6 Å². The molecule has 0 aromatic carbocycles. The standard InChI is InChI=1S/C11H25N3/c1-10(4-7-12)14-8-5-11(6-9-14)13(2)3/h10-11H,4-9,12H2,1-3H3. The van der Waals surface area contributed by atoms with E-state index in [1.807, 2.05) is 0 Å². The van der Waals surface area contributed by atoms with Gasteiger partial charge in [0.05, 0.1) is 0 Å². The number of hydrogen-bond acceptors (Lipinski definition) is 3. The summed E-state index contributed by atoms with van der Waals surface area (Å²) in [6, 6.07) is 1.46. The molecule has 0 amide bonds. The number of hydrogen-bond donors (Lipinski definition) is 1. The van der Waals surface area contributed by atoms with Gasteiger partial charge in [0.2, 0.25) is 0 Å². The maximum absolute atomic E-state index is 5.58. The Morgan fingerprint density at radius 1 is 1.36 bits per heavy atom. The molecule has 3 nitrogen and oxygen atoms in total. The fraction of sp³-hybridized carbons (Fsp3) is 1.00. The Morgan fingerprint density at radius 2 is 1.93 bits per heavy atom. The fourth-order valence-electron chi connectivity index (χ4n) is 2.27. The third-order valence-electron chi connectivity index (χ3n) is 3.44. The van der Waals surface area contributed by atoms with Crippen LogP contribution in [0.2, 0.25) is 0 Å². The highest BCUT2D eigenvalue weighted by atomic mass is 15.2. The highest BCUT2D eigenvalue weighted by Crippen LogP contribution is 2.17. The lowest BCUT2D eigenvalue weighted by Gasteiger charge is -2.38. The lowest BCUT2D eigenvalue weighted by Crippen LogP contribution is -2.45. The van der Waals surface area contributed by atoms with Crippen LogP contribution in [0.3, 0.4) is 0 Å². The lowest BCUT2D eigenvalue weighted by atomic mass is 10.0. The molecule has 2 N–H and O–H groups in total. The summed E-state index contributed by atoms with van der Waals surface area (Å²) in [7, 11) is 4.37. The van der Waals surface area contributed by atoms with Crippen molar-refractivity contribution in [2.75, 3.05) is 33.7 Å². The molecule has 0 radical (unpaired) electrons. The Hall–Kier alpha value is -0.120. The van der Waals surface area contributed by atoms with Crippen LogP contribution in [0.15, 0.2) is 0 Å². The second kappa shape index (κ2) is 5.69. The molecular formula is C11H25N3. The maximum atomic E-state index is 5.58. The lowest BCUT2D eigenvalue weighted by molar-refractivity contribution is 0.112. The van der Waals surface area contributed by atoms with Crippen molar-refractivity contribution in [3.8, 4) is 0 Å². The van der Waals surface area contributed by atoms with Crippen LogP contribution in [0.25, 0.3) is 0 Å². The molecule has 1 heterocycles. The third kappa shape index (κ3) is 3.23. The topological polar surface area (TPSA) is 32.5 Å². The van der Waals surface area contributed by atoms with Gasteiger partial charge in [0.15, 0.2) is 0 Å². The van der Waals surface area contributed by atoms with Gasteiger partial charge in [-0.3, -0.25) is 0 Å². The summed E-state index contributed by atoms with van der Waals surface area (Å²) in [5.74, 6) is 0. The summed E-state index contributed by atoms with van der Waals surface area (Å²) in [5, 5.41) is 0. The average molecular weight is 199 g/mol. The summed E-state index contributed by atoms with van der Waals surface area (Å²) in [6.45, 7) is 5.59. The largest absolute Gasteiger partial charge is 0.330 e. The highest BCUT2D eigenvalue weighted by molar-refractivity contribution is 4.79. The van der Waals surface area contributed by atoms with E-state index in [-0.39, 0.29) is 0 Å². The molecular weight excluding hydrogens is 174 g/mol. The molecule has 0 bridgehead atoms. The Bertz CT molecular complexity index is 151. The van der Waals surface area contributed by atoms with Crippen molar-refractivity contribution in [1.29, 1.82) is 0 Å². The van der Waals surface area contributed by atoms with Gasteiger partial charge in [-0.05, 0) is 59.9 Å². The third-order valence-corrected chi connectivity index (χ3v) is 3.44. The molecule has 0 aliphatic carbocycles. The molecule has 14 heavy (non-hydrogen) atoms. The minimum Gasteiger partial charge on any atom is -0.330 e. The second-order valence-electron chi connectivity index (χ2n) is 4.66. The van der Waals surface area contributed by atoms with E-state index in [4.69, 9.17) is 5.73 Å². The van der Waals surface area contributed by atoms with E-state index in [0.717, 1.165) is 19.0 Å². The molecule has 84 valence electrons. The summed E-state index contributed by atoms with van der Waals surface area (Å²) in [4.78, 5) is 4.93. The summed E-state index contributed by atoms with van der Waals surface area (Å²) in [5.41, 5.74) is 5.58. The minimum atomic E-state index is 0.670. The van der Waals surface area contributed by atoms with Crippen LogP contribution in [-0.2, 0) is 0 Å². The molecule has 0 spiro atoms. The first kappa shape index (κ1) is 12.0. The van der Waals surface area contributed by atoms with E-state index in [1.165, 1.54) is 25.9 Å². The van der Waals surface area contributed by atoms with Gasteiger partial charge in [-0.2, -0.15) is 0 Å². The highest BCUT2D eigenvalue weighted by Gasteiger charge is 2.22. The Morgan fingerprint density at radius 3 is 2.36 bits per heavy atom. The first-order chi connectivity index (χ1) is 6.65. The Kier molecular flexibility index (Phi) is 4.85. The number of likely N-dealkylation sites (tertiary alicyclic amines) is 1. The summed E-state index contributed by atoms with van der Waals surface area (Å²) < 4.78 is 0. The van der Waals surface area contributed by atoms with Crippen molar-refractivity contribution in [3.05, 3.63) is 0 Å². The first-order valence-corrected chi connectivity index (χ1v) is 5.75. The molecule has 1 aliphatic rings. The van der Waals surface area contributed by atoms with Crippen LogP contribution < -0.4 is 5.73 Å². The van der Waals surface area contributed by atoms with E-state index in [0.29, 0.717) is 6.04 Å². The van der Waals surface area contributed by atoms with Gasteiger partial charge in [0, 0.05) is 12.1 Å². The van der Waals surface area contributed by atoms with Crippen LogP contribution in [0, 0.1) is 0 Å². The van der Waals surface area contributed by atoms with Crippen molar-refractivity contribution in [2.24, 2.45) is 5.73 Å². The van der Waals surface area contributed by atoms with E-state index in [9.17, 15) is 0 Å². The summed E-state index contributed by atoms with van der Waals surface area (Å²) in [6.07, 6.45) is 3.75. The molecule has 1 atom stereocenters. The van der Waals surface area contributed by atoms with E-state index in [2.05, 4.69) is 30.8 Å². The molecule has 0 aromatic rings. The van der Waals surface area contributed by atoms with E-state index >= 15 is 0 Å². The minimum absolute atomic E-state index is 0.670. The Labute approximate surface area is 88.2 Å². The SMILES string of the molecule is CC(CCN)N1CCC(N(C)C)CC1. The van der Waals surface area contributed by atoms with Crippen molar-refractivity contribution in [2.45, 2.75) is 38.3 Å². The van der Waals surface area contributed by atoms with Crippen molar-refractivity contribution in [3.63, 3.8) is 0 Å². The number of nitrogens with zero attached hydrogens (tertiary/aromatic N) is 2. The van der Waals surface area contributed by atoms with Crippen LogP contribution in [0.5, 0.6) is 0 Å². The second-order valence-corrected chi connectivity index (χ2v) is 4.66. The smallest absolute Gasteiger partial charge is 0.0113 e. The predicted octanol–water partition coefficient (Wildman–Crippen LogP) is 0.750. The predicted molar refractivity (Wildman–Crippen MR) is 61.4 cm³/mol. The van der Waals surface area contributed by atoms with Crippen LogP contribution >= 0.6 is 0 Å². The van der Waals surface area contributed by atoms with Gasteiger partial charge < -0.3 is 15.5 Å². The van der Waals surface area contributed by atoms with Crippen LogP contribution in [0.1, 0.15) is 26.2 Å². The molecule has 1 unspecified atom stereocenters. The van der Waals surface area contributed by atoms with Gasteiger partial charge in [-0.15, -0.1) is 0 Å². The van der Waals surface area contributed by atoms with Crippen LogP contribution in [0.4, 0.5) is 0 Å². The molecule has 1 fully saturated rings. The number of rotatable bonds is 4. The molecule has 1 saturated heterocycles. The van der Waals surface area contributed by atoms with Gasteiger partial charge in [-0.1, -0.05) is 0 Å². The first-order valence-electron chi connectivity index (χ1n) is 5.75. The fourth-order valence-corrected chi connectivity index (χ4v) is 2.27.